The highest BCUT2D eigenvalue weighted by Crippen LogP contribution is 2.42. The van der Waals surface area contributed by atoms with Crippen LogP contribution in [-0.2, 0) is 28.6 Å². The Morgan fingerprint density at radius 3 is 2.20 bits per heavy atom. The van der Waals surface area contributed by atoms with Crippen molar-refractivity contribution >= 4 is 20.2 Å². The molecule has 0 saturated carbocycles. The predicted octanol–water partition coefficient (Wildman–Crippen LogP) is 1.16. The van der Waals surface area contributed by atoms with Gasteiger partial charge in [0.2, 0.25) is 0 Å². The average molecular weight is 326 g/mol. The molecule has 0 aromatic rings. The van der Waals surface area contributed by atoms with Crippen molar-refractivity contribution in [3.63, 3.8) is 0 Å². The summed E-state index contributed by atoms with van der Waals surface area (Å²) in [5.41, 5.74) is -0.498. The monoisotopic (exact) mass is 326 g/mol. The molecule has 8 heteroatoms. The van der Waals surface area contributed by atoms with E-state index in [0.29, 0.717) is 6.42 Å². The van der Waals surface area contributed by atoms with Gasteiger partial charge < -0.3 is 0 Å². The van der Waals surface area contributed by atoms with Crippen molar-refractivity contribution in [2.45, 2.75) is 20.3 Å². The standard InChI is InChI=1S/C12H22O6S2/c1-10-6-5-7-11(8-17-19(3,13)14)12(10,2)9-18-20(4,15)16/h5-6,10-11H,7-9H2,1-4H3/t10-,11-,12-/m0/s1. The van der Waals surface area contributed by atoms with Gasteiger partial charge in [-0.25, -0.2) is 0 Å². The first-order valence-corrected chi connectivity index (χ1v) is 9.93. The Labute approximate surface area is 121 Å². The van der Waals surface area contributed by atoms with Crippen molar-refractivity contribution in [2.24, 2.45) is 17.3 Å². The lowest BCUT2D eigenvalue weighted by Crippen LogP contribution is -2.42. The summed E-state index contributed by atoms with van der Waals surface area (Å²) in [5, 5.41) is 0. The maximum Gasteiger partial charge on any atom is 0.264 e. The van der Waals surface area contributed by atoms with E-state index in [1.807, 2.05) is 26.0 Å². The van der Waals surface area contributed by atoms with E-state index in [1.54, 1.807) is 0 Å². The normalized spacial score (nSPS) is 31.4. The molecular weight excluding hydrogens is 304 g/mol. The summed E-state index contributed by atoms with van der Waals surface area (Å²) in [5.74, 6) is -0.0647. The molecule has 1 aliphatic carbocycles. The molecular formula is C12H22O6S2. The van der Waals surface area contributed by atoms with Crippen LogP contribution < -0.4 is 0 Å². The Bertz CT molecular complexity index is 563. The van der Waals surface area contributed by atoms with Gasteiger partial charge in [-0.2, -0.15) is 16.8 Å². The zero-order valence-corrected chi connectivity index (χ0v) is 13.8. The van der Waals surface area contributed by atoms with Crippen LogP contribution in [0.3, 0.4) is 0 Å². The number of hydrogen-bond acceptors (Lipinski definition) is 6. The van der Waals surface area contributed by atoms with Gasteiger partial charge >= 0.3 is 0 Å². The van der Waals surface area contributed by atoms with Crippen LogP contribution >= 0.6 is 0 Å². The van der Waals surface area contributed by atoms with Crippen molar-refractivity contribution in [1.29, 1.82) is 0 Å². The van der Waals surface area contributed by atoms with Gasteiger partial charge in [0.1, 0.15) is 0 Å². The SMILES string of the molecule is C[C@H]1C=CC[C@@H](COS(C)(=O)=O)[C@@]1(C)COS(C)(=O)=O. The average Bonchev–Trinajstić information content (AvgIpc) is 2.27. The predicted molar refractivity (Wildman–Crippen MR) is 76.1 cm³/mol. The first-order chi connectivity index (χ1) is 8.94. The topological polar surface area (TPSA) is 86.7 Å². The minimum absolute atomic E-state index is 0.00906. The molecule has 0 N–H and O–H groups in total. The molecule has 0 fully saturated rings. The summed E-state index contributed by atoms with van der Waals surface area (Å²) in [6.07, 6.45) is 6.58. The zero-order valence-electron chi connectivity index (χ0n) is 12.2. The third-order valence-corrected chi connectivity index (χ3v) is 5.00. The van der Waals surface area contributed by atoms with Gasteiger partial charge in [-0.05, 0) is 18.3 Å². The smallest absolute Gasteiger partial charge is 0.264 e. The lowest BCUT2D eigenvalue weighted by atomic mass is 9.65. The third kappa shape index (κ3) is 5.16. The minimum Gasteiger partial charge on any atom is -0.270 e. The van der Waals surface area contributed by atoms with E-state index in [9.17, 15) is 16.8 Å². The Balaban J connectivity index is 2.87. The fourth-order valence-corrected chi connectivity index (χ4v) is 3.13. The van der Waals surface area contributed by atoms with Crippen molar-refractivity contribution in [3.8, 4) is 0 Å². The highest BCUT2D eigenvalue weighted by atomic mass is 32.2. The molecule has 1 aliphatic rings. The Kier molecular flexibility index (Phi) is 5.40. The van der Waals surface area contributed by atoms with E-state index in [0.717, 1.165) is 12.5 Å². The Hall–Kier alpha value is -0.440. The molecule has 20 heavy (non-hydrogen) atoms. The van der Waals surface area contributed by atoms with Crippen molar-refractivity contribution in [2.75, 3.05) is 25.7 Å². The van der Waals surface area contributed by atoms with Gasteiger partial charge in [0.25, 0.3) is 20.2 Å². The second kappa shape index (κ2) is 6.13. The molecule has 3 atom stereocenters. The van der Waals surface area contributed by atoms with Gasteiger partial charge in [-0.1, -0.05) is 26.0 Å². The third-order valence-electron chi connectivity index (χ3n) is 3.89. The molecule has 0 aromatic carbocycles. The molecule has 0 saturated heterocycles. The number of allylic oxidation sites excluding steroid dienone is 2. The molecule has 1 rings (SSSR count). The summed E-state index contributed by atoms with van der Waals surface area (Å²) in [6.45, 7) is 3.88. The van der Waals surface area contributed by atoms with E-state index in [4.69, 9.17) is 8.37 Å². The lowest BCUT2D eigenvalue weighted by molar-refractivity contribution is 0.0286. The van der Waals surface area contributed by atoms with E-state index in [1.165, 1.54) is 0 Å². The number of hydrogen-bond donors (Lipinski definition) is 0. The van der Waals surface area contributed by atoms with E-state index < -0.39 is 25.7 Å². The molecule has 0 radical (unpaired) electrons. The fraction of sp³-hybridized carbons (Fsp3) is 0.833. The number of rotatable bonds is 6. The van der Waals surface area contributed by atoms with Crippen LogP contribution in [0.25, 0.3) is 0 Å². The van der Waals surface area contributed by atoms with Crippen LogP contribution in [-0.4, -0.2) is 42.6 Å². The van der Waals surface area contributed by atoms with E-state index in [-0.39, 0.29) is 25.0 Å². The van der Waals surface area contributed by atoms with Crippen LogP contribution in [0.15, 0.2) is 12.2 Å². The molecule has 0 unspecified atom stereocenters. The summed E-state index contributed by atoms with van der Waals surface area (Å²) in [4.78, 5) is 0. The summed E-state index contributed by atoms with van der Waals surface area (Å²) >= 11 is 0. The molecule has 118 valence electrons. The minimum atomic E-state index is -3.53. The highest BCUT2D eigenvalue weighted by molar-refractivity contribution is 7.86. The largest absolute Gasteiger partial charge is 0.270 e. The zero-order chi connectivity index (χ0) is 15.6. The van der Waals surface area contributed by atoms with Crippen molar-refractivity contribution in [3.05, 3.63) is 12.2 Å². The fourth-order valence-electron chi connectivity index (χ4n) is 2.26. The van der Waals surface area contributed by atoms with Gasteiger partial charge in [-0.3, -0.25) is 8.37 Å². The van der Waals surface area contributed by atoms with E-state index >= 15 is 0 Å². The van der Waals surface area contributed by atoms with Crippen LogP contribution in [0.5, 0.6) is 0 Å². The molecule has 0 aliphatic heterocycles. The maximum absolute atomic E-state index is 11.2. The van der Waals surface area contributed by atoms with Crippen molar-refractivity contribution < 1.29 is 25.2 Å². The molecule has 0 spiro atoms. The second-order valence-corrected chi connectivity index (χ2v) is 8.90. The van der Waals surface area contributed by atoms with Gasteiger partial charge in [0.05, 0.1) is 25.7 Å². The Morgan fingerprint density at radius 1 is 1.15 bits per heavy atom. The highest BCUT2D eigenvalue weighted by Gasteiger charge is 2.41. The van der Waals surface area contributed by atoms with Crippen LogP contribution in [0.4, 0.5) is 0 Å². The summed E-state index contributed by atoms with van der Waals surface area (Å²) in [6, 6.07) is 0. The van der Waals surface area contributed by atoms with Crippen LogP contribution in [0.2, 0.25) is 0 Å². The van der Waals surface area contributed by atoms with Crippen LogP contribution in [0.1, 0.15) is 20.3 Å². The molecule has 0 amide bonds. The van der Waals surface area contributed by atoms with Gasteiger partial charge in [-0.15, -0.1) is 0 Å². The first-order valence-electron chi connectivity index (χ1n) is 6.29. The van der Waals surface area contributed by atoms with Crippen LogP contribution in [0, 0.1) is 17.3 Å². The second-order valence-electron chi connectivity index (χ2n) is 5.61. The maximum atomic E-state index is 11.2. The molecule has 0 bridgehead atoms. The van der Waals surface area contributed by atoms with Gasteiger partial charge in [0.15, 0.2) is 0 Å². The van der Waals surface area contributed by atoms with Gasteiger partial charge in [0, 0.05) is 5.41 Å². The summed E-state index contributed by atoms with van der Waals surface area (Å²) < 4.78 is 54.4. The molecule has 0 aromatic heterocycles. The molecule has 6 nitrogen and oxygen atoms in total. The molecule has 0 heterocycles. The quantitative estimate of drug-likeness (QED) is 0.538. The Morgan fingerprint density at radius 2 is 1.70 bits per heavy atom. The summed E-state index contributed by atoms with van der Waals surface area (Å²) in [7, 11) is -7.05. The lowest BCUT2D eigenvalue weighted by Gasteiger charge is -2.42. The van der Waals surface area contributed by atoms with Crippen molar-refractivity contribution in [1.82, 2.24) is 0 Å². The first kappa shape index (κ1) is 17.6. The van der Waals surface area contributed by atoms with E-state index in [2.05, 4.69) is 0 Å².